The Hall–Kier alpha value is -3.17. The highest BCUT2D eigenvalue weighted by atomic mass is 32.2. The molecule has 0 radical (unpaired) electrons. The van der Waals surface area contributed by atoms with E-state index in [2.05, 4.69) is 72.0 Å². The molecule has 2 nitrogen and oxygen atoms in total. The summed E-state index contributed by atoms with van der Waals surface area (Å²) in [4.78, 5) is 2.50. The van der Waals surface area contributed by atoms with Crippen LogP contribution in [0.5, 0.6) is 0 Å². The Morgan fingerprint density at radius 1 is 0.630 bits per heavy atom. The smallest absolute Gasteiger partial charge is 0.136 e. The second kappa shape index (κ2) is 5.66. The molecule has 1 aliphatic heterocycles. The molecule has 0 unspecified atom stereocenters. The first-order chi connectivity index (χ1) is 13.4. The number of benzene rings is 4. The lowest BCUT2D eigenvalue weighted by molar-refractivity contribution is 0.669. The average Bonchev–Trinajstić information content (AvgIpc) is 3.10. The molecule has 2 heterocycles. The first kappa shape index (κ1) is 14.9. The molecule has 27 heavy (non-hydrogen) atoms. The van der Waals surface area contributed by atoms with Crippen LogP contribution in [-0.4, -0.2) is 0 Å². The quantitative estimate of drug-likeness (QED) is 0.327. The first-order valence-corrected chi connectivity index (χ1v) is 9.78. The number of anilines is 2. The van der Waals surface area contributed by atoms with Gasteiger partial charge in [-0.2, -0.15) is 0 Å². The summed E-state index contributed by atoms with van der Waals surface area (Å²) in [5.74, 6) is 0. The number of furan rings is 1. The fourth-order valence-corrected chi connectivity index (χ4v) is 4.90. The Morgan fingerprint density at radius 2 is 1.37 bits per heavy atom. The van der Waals surface area contributed by atoms with Gasteiger partial charge in [0, 0.05) is 26.1 Å². The number of hydrogen-bond acceptors (Lipinski definition) is 3. The normalized spacial score (nSPS) is 12.6. The van der Waals surface area contributed by atoms with E-state index in [1.54, 1.807) is 0 Å². The van der Waals surface area contributed by atoms with Crippen LogP contribution in [0.1, 0.15) is 0 Å². The summed E-state index contributed by atoms with van der Waals surface area (Å²) in [5, 5.41) is 5.99. The maximum absolute atomic E-state index is 6.09. The molecule has 3 heteroatoms. The van der Waals surface area contributed by atoms with Gasteiger partial charge in [-0.15, -0.1) is 0 Å². The van der Waals surface area contributed by atoms with E-state index >= 15 is 0 Å². The van der Waals surface area contributed by atoms with Gasteiger partial charge in [0.25, 0.3) is 0 Å². The van der Waals surface area contributed by atoms with E-state index < -0.39 is 0 Å². The van der Waals surface area contributed by atoms with Crippen molar-refractivity contribution in [1.29, 1.82) is 0 Å². The molecule has 0 amide bonds. The fraction of sp³-hybridized carbons (Fsp3) is 0. The highest BCUT2D eigenvalue weighted by Gasteiger charge is 2.21. The molecule has 6 rings (SSSR count). The molecule has 0 fully saturated rings. The van der Waals surface area contributed by atoms with E-state index in [1.165, 1.54) is 32.0 Å². The van der Waals surface area contributed by atoms with Crippen molar-refractivity contribution < 1.29 is 4.42 Å². The lowest BCUT2D eigenvalue weighted by Gasteiger charge is -2.23. The van der Waals surface area contributed by atoms with Gasteiger partial charge in [-0.25, -0.2) is 0 Å². The van der Waals surface area contributed by atoms with Crippen LogP contribution in [-0.2, 0) is 0 Å². The van der Waals surface area contributed by atoms with E-state index in [4.69, 9.17) is 4.42 Å². The molecule has 0 saturated heterocycles. The van der Waals surface area contributed by atoms with Gasteiger partial charge in [-0.1, -0.05) is 66.4 Å². The van der Waals surface area contributed by atoms with E-state index in [0.717, 1.165) is 22.2 Å². The zero-order valence-corrected chi connectivity index (χ0v) is 15.2. The van der Waals surface area contributed by atoms with E-state index in [0.29, 0.717) is 0 Å². The van der Waals surface area contributed by atoms with Crippen LogP contribution in [0.3, 0.4) is 0 Å². The second-order valence-corrected chi connectivity index (χ2v) is 7.76. The second-order valence-electron chi connectivity index (χ2n) is 6.68. The number of fused-ring (bicyclic) bond motifs is 5. The maximum Gasteiger partial charge on any atom is 0.136 e. The monoisotopic (exact) mass is 365 g/mol. The molecule has 0 spiro atoms. The third-order valence-corrected chi connectivity index (χ3v) is 6.22. The summed E-state index contributed by atoms with van der Waals surface area (Å²) in [6.45, 7) is 0. The van der Waals surface area contributed by atoms with Gasteiger partial charge in [-0.3, -0.25) is 0 Å². The van der Waals surface area contributed by atoms with Crippen LogP contribution >= 0.6 is 11.8 Å². The largest absolute Gasteiger partial charge is 0.456 e. The minimum absolute atomic E-state index is 0.926. The summed E-state index contributed by atoms with van der Waals surface area (Å²) in [5.41, 5.74) is 6.58. The Labute approximate surface area is 160 Å². The highest BCUT2D eigenvalue weighted by Crippen LogP contribution is 2.49. The topological polar surface area (TPSA) is 25.2 Å². The number of hydrogen-bond donors (Lipinski definition) is 1. The number of para-hydroxylation sites is 3. The molecule has 4 aromatic carbocycles. The van der Waals surface area contributed by atoms with Crippen molar-refractivity contribution in [2.75, 3.05) is 5.32 Å². The molecule has 1 aliphatic rings. The molecule has 5 aromatic rings. The minimum Gasteiger partial charge on any atom is -0.456 e. The van der Waals surface area contributed by atoms with Crippen LogP contribution in [0.2, 0.25) is 0 Å². The lowest BCUT2D eigenvalue weighted by atomic mass is 9.97. The SMILES string of the molecule is c1ccc2c(c1)Nc1c(cccc1-c1cccc3oc4ccccc4c13)S2. The van der Waals surface area contributed by atoms with Crippen molar-refractivity contribution in [2.45, 2.75) is 9.79 Å². The van der Waals surface area contributed by atoms with Crippen LogP contribution in [0.15, 0.2) is 99.1 Å². The van der Waals surface area contributed by atoms with Crippen LogP contribution in [0, 0.1) is 0 Å². The van der Waals surface area contributed by atoms with Crippen molar-refractivity contribution >= 4 is 45.1 Å². The molecule has 0 aliphatic carbocycles. The van der Waals surface area contributed by atoms with Crippen LogP contribution in [0.25, 0.3) is 33.1 Å². The summed E-state index contributed by atoms with van der Waals surface area (Å²) in [6.07, 6.45) is 0. The molecular weight excluding hydrogens is 350 g/mol. The van der Waals surface area contributed by atoms with Crippen molar-refractivity contribution in [3.8, 4) is 11.1 Å². The van der Waals surface area contributed by atoms with Crippen LogP contribution in [0.4, 0.5) is 11.4 Å². The van der Waals surface area contributed by atoms with Gasteiger partial charge in [-0.05, 0) is 35.9 Å². The summed E-state index contributed by atoms with van der Waals surface area (Å²) in [7, 11) is 0. The standard InChI is InChI=1S/C24H15NOS/c1-3-11-19-17(7-1)23-15(8-5-12-20(23)26-19)16-9-6-14-22-24(16)25-18-10-2-4-13-21(18)27-22/h1-14,25H. The van der Waals surface area contributed by atoms with Crippen LogP contribution < -0.4 is 5.32 Å². The van der Waals surface area contributed by atoms with E-state index in [-0.39, 0.29) is 0 Å². The first-order valence-electron chi connectivity index (χ1n) is 8.96. The molecule has 1 N–H and O–H groups in total. The van der Waals surface area contributed by atoms with Crippen molar-refractivity contribution in [2.24, 2.45) is 0 Å². The third-order valence-electron chi connectivity index (χ3n) is 5.09. The summed E-state index contributed by atoms with van der Waals surface area (Å²) in [6, 6.07) is 29.5. The summed E-state index contributed by atoms with van der Waals surface area (Å²) >= 11 is 1.82. The van der Waals surface area contributed by atoms with Crippen molar-refractivity contribution in [1.82, 2.24) is 0 Å². The number of nitrogens with one attached hydrogen (secondary N) is 1. The zero-order chi connectivity index (χ0) is 17.8. The van der Waals surface area contributed by atoms with Gasteiger partial charge in [0.1, 0.15) is 11.2 Å². The number of rotatable bonds is 1. The Balaban J connectivity index is 1.64. The van der Waals surface area contributed by atoms with Crippen molar-refractivity contribution in [3.05, 3.63) is 84.9 Å². The van der Waals surface area contributed by atoms with E-state index in [1.807, 2.05) is 30.0 Å². The Morgan fingerprint density at radius 3 is 2.37 bits per heavy atom. The summed E-state index contributed by atoms with van der Waals surface area (Å²) < 4.78 is 6.09. The van der Waals surface area contributed by atoms with E-state index in [9.17, 15) is 0 Å². The van der Waals surface area contributed by atoms with Gasteiger partial charge < -0.3 is 9.73 Å². The Bertz CT molecular complexity index is 1340. The van der Waals surface area contributed by atoms with Gasteiger partial charge in [0.2, 0.25) is 0 Å². The zero-order valence-electron chi connectivity index (χ0n) is 14.4. The predicted molar refractivity (Wildman–Crippen MR) is 113 cm³/mol. The molecular formula is C24H15NOS. The lowest BCUT2D eigenvalue weighted by Crippen LogP contribution is -2.01. The molecule has 0 atom stereocenters. The highest BCUT2D eigenvalue weighted by molar-refractivity contribution is 7.99. The van der Waals surface area contributed by atoms with Gasteiger partial charge in [0.15, 0.2) is 0 Å². The third kappa shape index (κ3) is 2.22. The Kier molecular flexibility index (Phi) is 3.13. The van der Waals surface area contributed by atoms with Gasteiger partial charge >= 0.3 is 0 Å². The van der Waals surface area contributed by atoms with Crippen molar-refractivity contribution in [3.63, 3.8) is 0 Å². The molecule has 1 aromatic heterocycles. The fourth-order valence-electron chi connectivity index (χ4n) is 3.88. The van der Waals surface area contributed by atoms with Gasteiger partial charge in [0.05, 0.1) is 11.4 Å². The molecule has 0 bridgehead atoms. The maximum atomic E-state index is 6.09. The minimum atomic E-state index is 0.926. The average molecular weight is 365 g/mol. The molecule has 128 valence electrons. The molecule has 0 saturated carbocycles. The predicted octanol–water partition coefficient (Wildman–Crippen LogP) is 7.46.